The molecule has 0 radical (unpaired) electrons. The lowest BCUT2D eigenvalue weighted by molar-refractivity contribution is 0.418. The normalized spacial score (nSPS) is 16.4. The first-order chi connectivity index (χ1) is 3.80. The molecule has 0 atom stereocenters. The first kappa shape index (κ1) is 8.97. The average Bonchev–Trinajstić information content (AvgIpc) is 2.12. The van der Waals surface area contributed by atoms with E-state index in [4.69, 9.17) is 10.0 Å². The molecule has 1 aliphatic rings. The number of hydrogen-bond acceptors (Lipinski definition) is 3. The van der Waals surface area contributed by atoms with E-state index in [1.807, 2.05) is 0 Å². The van der Waals surface area contributed by atoms with E-state index in [0.29, 0.717) is 12.0 Å². The third-order valence-corrected chi connectivity index (χ3v) is 1.17. The van der Waals surface area contributed by atoms with Crippen LogP contribution in [0.4, 0.5) is 0 Å². The fraction of sp³-hybridized carbons (Fsp3) is 0.500. The Morgan fingerprint density at radius 3 is 2.44 bits per heavy atom. The Labute approximate surface area is 60.3 Å². The molecule has 1 rings (SSSR count). The number of nitrogens with one attached hydrogen (secondary N) is 1. The zero-order valence-corrected chi connectivity index (χ0v) is 5.69. The molecule has 0 spiro atoms. The summed E-state index contributed by atoms with van der Waals surface area (Å²) in [5.41, 5.74) is 0.671. The third-order valence-electron chi connectivity index (χ3n) is 1.17. The summed E-state index contributed by atoms with van der Waals surface area (Å²) in [4.78, 5) is 0. The van der Waals surface area contributed by atoms with Crippen LogP contribution in [0.5, 0.6) is 0 Å². The van der Waals surface area contributed by atoms with Gasteiger partial charge in [-0.3, -0.25) is 0 Å². The molecule has 5 heteroatoms. The monoisotopic (exact) mass is 149 g/mol. The molecule has 9 heavy (non-hydrogen) atoms. The molecule has 0 amide bonds. The molecule has 0 bridgehead atoms. The number of rotatable bonds is 1. The highest BCUT2D eigenvalue weighted by Crippen LogP contribution is 1.97. The third kappa shape index (κ3) is 2.36. The molecule has 3 N–H and O–H groups in total. The lowest BCUT2D eigenvalue weighted by Gasteiger charge is -1.94. The van der Waals surface area contributed by atoms with Gasteiger partial charge in [0.2, 0.25) is 0 Å². The van der Waals surface area contributed by atoms with E-state index < -0.39 is 7.12 Å². The van der Waals surface area contributed by atoms with Gasteiger partial charge in [0.15, 0.2) is 0 Å². The molecule has 1 heterocycles. The van der Waals surface area contributed by atoms with Crippen LogP contribution in [0.1, 0.15) is 0 Å². The lowest BCUT2D eigenvalue weighted by Crippen LogP contribution is -2.20. The van der Waals surface area contributed by atoms with Gasteiger partial charge < -0.3 is 15.4 Å². The molecular weight excluding hydrogens is 140 g/mol. The Kier molecular flexibility index (Phi) is 3.89. The highest BCUT2D eigenvalue weighted by atomic mass is 35.5. The topological polar surface area (TPSA) is 52.5 Å². The first-order valence-corrected chi connectivity index (χ1v) is 2.56. The Bertz CT molecular complexity index is 117. The Balaban J connectivity index is 0.000000640. The summed E-state index contributed by atoms with van der Waals surface area (Å²) < 4.78 is 0. The molecule has 3 nitrogen and oxygen atoms in total. The molecule has 0 aromatic rings. The smallest absolute Gasteiger partial charge is 0.423 e. The van der Waals surface area contributed by atoms with Crippen molar-refractivity contribution in [3.63, 3.8) is 0 Å². The van der Waals surface area contributed by atoms with E-state index in [1.165, 1.54) is 0 Å². The largest absolute Gasteiger partial charge is 0.485 e. The standard InChI is InChI=1S/C4H8BNO2.ClH/c7-5(8)4-1-2-6-3-4;/h1,6-8H,2-3H2;1H. The second-order valence-corrected chi connectivity index (χ2v) is 1.78. The van der Waals surface area contributed by atoms with Crippen molar-refractivity contribution in [2.75, 3.05) is 13.1 Å². The second-order valence-electron chi connectivity index (χ2n) is 1.78. The molecule has 0 aromatic heterocycles. The zero-order chi connectivity index (χ0) is 5.98. The summed E-state index contributed by atoms with van der Waals surface area (Å²) in [6.45, 7) is 1.37. The predicted octanol–water partition coefficient (Wildman–Crippen LogP) is -1.05. The Morgan fingerprint density at radius 2 is 2.22 bits per heavy atom. The van der Waals surface area contributed by atoms with Crippen LogP contribution < -0.4 is 5.32 Å². The van der Waals surface area contributed by atoms with Gasteiger partial charge in [-0.05, 0) is 5.47 Å². The van der Waals surface area contributed by atoms with Crippen molar-refractivity contribution < 1.29 is 10.0 Å². The van der Waals surface area contributed by atoms with Gasteiger partial charge in [0, 0.05) is 13.1 Å². The Morgan fingerprint density at radius 1 is 1.56 bits per heavy atom. The molecule has 0 aromatic carbocycles. The quantitative estimate of drug-likeness (QED) is 0.417. The summed E-state index contributed by atoms with van der Waals surface area (Å²) >= 11 is 0. The van der Waals surface area contributed by atoms with E-state index >= 15 is 0 Å². The van der Waals surface area contributed by atoms with Gasteiger partial charge in [-0.1, -0.05) is 6.08 Å². The predicted molar refractivity (Wildman–Crippen MR) is 38.4 cm³/mol. The summed E-state index contributed by atoms with van der Waals surface area (Å²) in [5, 5.41) is 19.9. The van der Waals surface area contributed by atoms with E-state index in [-0.39, 0.29) is 12.4 Å². The van der Waals surface area contributed by atoms with Gasteiger partial charge in [-0.2, -0.15) is 0 Å². The highest BCUT2D eigenvalue weighted by Gasteiger charge is 2.16. The number of hydrogen-bond donors (Lipinski definition) is 3. The zero-order valence-electron chi connectivity index (χ0n) is 4.87. The molecule has 0 unspecified atom stereocenters. The summed E-state index contributed by atoms with van der Waals surface area (Å²) in [6, 6.07) is 0. The highest BCUT2D eigenvalue weighted by molar-refractivity contribution is 6.51. The van der Waals surface area contributed by atoms with Crippen LogP contribution in [0.15, 0.2) is 11.5 Å². The molecule has 0 saturated heterocycles. The number of halogens is 1. The minimum Gasteiger partial charge on any atom is -0.423 e. The van der Waals surface area contributed by atoms with E-state index in [2.05, 4.69) is 5.32 Å². The first-order valence-electron chi connectivity index (χ1n) is 2.56. The molecule has 52 valence electrons. The van der Waals surface area contributed by atoms with Crippen LogP contribution >= 0.6 is 12.4 Å². The lowest BCUT2D eigenvalue weighted by atomic mass is 9.80. The minimum absolute atomic E-state index is 0. The van der Waals surface area contributed by atoms with Gasteiger partial charge in [0.05, 0.1) is 0 Å². The maximum Gasteiger partial charge on any atom is 0.485 e. The van der Waals surface area contributed by atoms with Crippen molar-refractivity contribution in [2.24, 2.45) is 0 Å². The fourth-order valence-corrected chi connectivity index (χ4v) is 0.689. The average molecular weight is 149 g/mol. The summed E-state index contributed by atoms with van der Waals surface area (Å²) in [6.07, 6.45) is 1.78. The van der Waals surface area contributed by atoms with Crippen LogP contribution in [0.3, 0.4) is 0 Å². The summed E-state index contributed by atoms with van der Waals surface area (Å²) in [7, 11) is -1.26. The molecule has 0 aliphatic carbocycles. The molecular formula is C4H9BClNO2. The van der Waals surface area contributed by atoms with Crippen LogP contribution in [-0.2, 0) is 0 Å². The van der Waals surface area contributed by atoms with Crippen LogP contribution in [0.25, 0.3) is 0 Å². The van der Waals surface area contributed by atoms with Crippen molar-refractivity contribution in [1.82, 2.24) is 5.32 Å². The maximum atomic E-state index is 8.50. The van der Waals surface area contributed by atoms with Crippen LogP contribution in [0.2, 0.25) is 0 Å². The summed E-state index contributed by atoms with van der Waals surface area (Å²) in [5.74, 6) is 0. The molecule has 0 fully saturated rings. The van der Waals surface area contributed by atoms with E-state index in [9.17, 15) is 0 Å². The Hall–Kier alpha value is -0.0251. The SMILES string of the molecule is Cl.OB(O)C1=CCNC1. The van der Waals surface area contributed by atoms with Gasteiger partial charge >= 0.3 is 7.12 Å². The minimum atomic E-state index is -1.26. The van der Waals surface area contributed by atoms with Gasteiger partial charge in [-0.25, -0.2) is 0 Å². The maximum absolute atomic E-state index is 8.50. The van der Waals surface area contributed by atoms with Crippen LogP contribution in [-0.4, -0.2) is 30.3 Å². The molecule has 1 aliphatic heterocycles. The van der Waals surface area contributed by atoms with Crippen molar-refractivity contribution in [3.05, 3.63) is 11.5 Å². The van der Waals surface area contributed by atoms with Gasteiger partial charge in [0.1, 0.15) is 0 Å². The van der Waals surface area contributed by atoms with Crippen LogP contribution in [0, 0.1) is 0 Å². The van der Waals surface area contributed by atoms with Crippen molar-refractivity contribution in [1.29, 1.82) is 0 Å². The van der Waals surface area contributed by atoms with Crippen molar-refractivity contribution >= 4 is 19.5 Å². The molecule has 0 saturated carbocycles. The second kappa shape index (κ2) is 3.90. The van der Waals surface area contributed by atoms with Crippen molar-refractivity contribution in [3.8, 4) is 0 Å². The van der Waals surface area contributed by atoms with Gasteiger partial charge in [0.25, 0.3) is 0 Å². The van der Waals surface area contributed by atoms with Crippen molar-refractivity contribution in [2.45, 2.75) is 0 Å². The van der Waals surface area contributed by atoms with E-state index in [1.54, 1.807) is 6.08 Å². The van der Waals surface area contributed by atoms with Gasteiger partial charge in [-0.15, -0.1) is 12.4 Å². The fourth-order valence-electron chi connectivity index (χ4n) is 0.689. The van der Waals surface area contributed by atoms with E-state index in [0.717, 1.165) is 6.54 Å².